The number of carbonyl (C=O) groups is 1. The number of benzene rings is 1. The minimum atomic E-state index is 0. The van der Waals surface area contributed by atoms with Crippen molar-refractivity contribution in [2.45, 2.75) is 26.7 Å². The monoisotopic (exact) mass is 396 g/mol. The molecule has 1 fully saturated rings. The average molecular weight is 397 g/mol. The second-order valence-corrected chi connectivity index (χ2v) is 7.03. The number of nitrogens with one attached hydrogen (secondary N) is 1. The van der Waals surface area contributed by atoms with Crippen LogP contribution in [0.1, 0.15) is 35.8 Å². The highest BCUT2D eigenvalue weighted by Gasteiger charge is 2.25. The largest absolute Gasteiger partial charge is 0.339 e. The fraction of sp³-hybridized carbons (Fsp3) is 0.474. The summed E-state index contributed by atoms with van der Waals surface area (Å²) in [7, 11) is 0. The molecule has 26 heavy (non-hydrogen) atoms. The van der Waals surface area contributed by atoms with Gasteiger partial charge < -0.3 is 10.2 Å². The predicted octanol–water partition coefficient (Wildman–Crippen LogP) is 3.72. The Morgan fingerprint density at radius 2 is 1.92 bits per heavy atom. The molecule has 7 heteroatoms. The molecule has 0 aliphatic carbocycles. The number of amides is 1. The van der Waals surface area contributed by atoms with Crippen LogP contribution in [0.25, 0.3) is 5.69 Å². The maximum atomic E-state index is 12.9. The van der Waals surface area contributed by atoms with Crippen molar-refractivity contribution in [1.82, 2.24) is 20.0 Å². The van der Waals surface area contributed by atoms with Crippen LogP contribution in [0.5, 0.6) is 0 Å². The normalized spacial score (nSPS) is 15.0. The van der Waals surface area contributed by atoms with Gasteiger partial charge in [-0.2, -0.15) is 5.10 Å². The Balaban J connectivity index is 0.00000243. The molecule has 0 radical (unpaired) electrons. The van der Waals surface area contributed by atoms with E-state index >= 15 is 0 Å². The fourth-order valence-corrected chi connectivity index (χ4v) is 3.38. The van der Waals surface area contributed by atoms with Gasteiger partial charge in [-0.3, -0.25) is 4.79 Å². The molecule has 0 atom stereocenters. The van der Waals surface area contributed by atoms with Crippen molar-refractivity contribution in [1.29, 1.82) is 0 Å². The van der Waals surface area contributed by atoms with Gasteiger partial charge in [0.25, 0.3) is 5.91 Å². The van der Waals surface area contributed by atoms with Crippen LogP contribution >= 0.6 is 24.0 Å². The Labute approximate surface area is 166 Å². The van der Waals surface area contributed by atoms with Crippen molar-refractivity contribution >= 4 is 29.9 Å². The number of rotatable bonds is 5. The smallest absolute Gasteiger partial charge is 0.257 e. The first kappa shape index (κ1) is 20.7. The van der Waals surface area contributed by atoms with Crippen LogP contribution in [-0.2, 0) is 0 Å². The molecule has 1 saturated heterocycles. The minimum absolute atomic E-state index is 0. The molecule has 0 saturated carbocycles. The van der Waals surface area contributed by atoms with Gasteiger partial charge in [0.2, 0.25) is 0 Å². The number of aryl methyl sites for hydroxylation is 1. The van der Waals surface area contributed by atoms with E-state index in [9.17, 15) is 4.79 Å². The lowest BCUT2D eigenvalue weighted by atomic mass is 9.96. The second-order valence-electron chi connectivity index (χ2n) is 6.59. The van der Waals surface area contributed by atoms with Crippen LogP contribution in [0, 0.1) is 12.8 Å². The molecule has 0 bridgehead atoms. The average Bonchev–Trinajstić information content (AvgIpc) is 3.02. The zero-order valence-corrected chi connectivity index (χ0v) is 16.8. The first-order chi connectivity index (χ1) is 12.1. The van der Waals surface area contributed by atoms with E-state index in [2.05, 4.69) is 17.3 Å². The second kappa shape index (κ2) is 9.40. The first-order valence-corrected chi connectivity index (χ1v) is 9.28. The highest BCUT2D eigenvalue weighted by atomic mass is 35.5. The van der Waals surface area contributed by atoms with Crippen molar-refractivity contribution < 1.29 is 4.79 Å². The van der Waals surface area contributed by atoms with Crippen LogP contribution in [-0.4, -0.2) is 46.8 Å². The van der Waals surface area contributed by atoms with Crippen molar-refractivity contribution in [2.24, 2.45) is 5.92 Å². The highest BCUT2D eigenvalue weighted by molar-refractivity contribution is 6.30. The van der Waals surface area contributed by atoms with Gasteiger partial charge in [0.05, 0.1) is 16.9 Å². The van der Waals surface area contributed by atoms with Crippen LogP contribution in [0.4, 0.5) is 0 Å². The summed E-state index contributed by atoms with van der Waals surface area (Å²) in [5.41, 5.74) is 2.34. The Hall–Kier alpha value is -1.56. The molecule has 5 nitrogen and oxygen atoms in total. The zero-order chi connectivity index (χ0) is 17.8. The van der Waals surface area contributed by atoms with Gasteiger partial charge in [-0.25, -0.2) is 4.68 Å². The Morgan fingerprint density at radius 3 is 2.54 bits per heavy atom. The molecular weight excluding hydrogens is 371 g/mol. The molecule has 2 aromatic rings. The van der Waals surface area contributed by atoms with Gasteiger partial charge in [0.15, 0.2) is 0 Å². The minimum Gasteiger partial charge on any atom is -0.339 e. The number of carbonyl (C=O) groups excluding carboxylic acids is 1. The summed E-state index contributed by atoms with van der Waals surface area (Å²) in [5.74, 6) is 0.751. The number of hydrogen-bond acceptors (Lipinski definition) is 3. The van der Waals surface area contributed by atoms with Gasteiger partial charge in [0, 0.05) is 24.3 Å². The van der Waals surface area contributed by atoms with Crippen LogP contribution in [0.3, 0.4) is 0 Å². The standard InChI is InChI=1S/C19H25ClN4O.ClH/c1-3-21-12-15-8-10-23(11-9-15)19(25)18-13-24(22-14(18)2)17-6-4-16(20)5-7-17;/h4-7,13,15,21H,3,8-12H2,1-2H3;1H. The van der Waals surface area contributed by atoms with Crippen LogP contribution in [0.15, 0.2) is 30.5 Å². The van der Waals surface area contributed by atoms with E-state index in [1.165, 1.54) is 0 Å². The third kappa shape index (κ3) is 4.78. The summed E-state index contributed by atoms with van der Waals surface area (Å²) >= 11 is 5.94. The Kier molecular flexibility index (Phi) is 7.50. The van der Waals surface area contributed by atoms with E-state index in [-0.39, 0.29) is 18.3 Å². The molecule has 1 N–H and O–H groups in total. The topological polar surface area (TPSA) is 50.2 Å². The van der Waals surface area contributed by atoms with Gasteiger partial charge >= 0.3 is 0 Å². The summed E-state index contributed by atoms with van der Waals surface area (Å²) < 4.78 is 1.75. The van der Waals surface area contributed by atoms with Crippen molar-refractivity contribution in [3.05, 3.63) is 46.7 Å². The lowest BCUT2D eigenvalue weighted by molar-refractivity contribution is 0.0689. The van der Waals surface area contributed by atoms with E-state index < -0.39 is 0 Å². The molecule has 1 aromatic carbocycles. The SMILES string of the molecule is CCNCC1CCN(C(=O)c2cn(-c3ccc(Cl)cc3)nc2C)CC1.Cl. The summed E-state index contributed by atoms with van der Waals surface area (Å²) in [6.45, 7) is 7.70. The van der Waals surface area contributed by atoms with Crippen molar-refractivity contribution in [3.63, 3.8) is 0 Å². The third-order valence-electron chi connectivity index (χ3n) is 4.81. The number of hydrogen-bond donors (Lipinski definition) is 1. The number of halogens is 2. The first-order valence-electron chi connectivity index (χ1n) is 8.90. The molecular formula is C19H26Cl2N4O. The zero-order valence-electron chi connectivity index (χ0n) is 15.2. The van der Waals surface area contributed by atoms with Gasteiger partial charge in [-0.15, -0.1) is 12.4 Å². The number of likely N-dealkylation sites (tertiary alicyclic amines) is 1. The van der Waals surface area contributed by atoms with Gasteiger partial charge in [-0.05, 0) is 63.0 Å². The summed E-state index contributed by atoms with van der Waals surface area (Å²) in [5, 5.41) is 8.58. The van der Waals surface area contributed by atoms with Gasteiger partial charge in [-0.1, -0.05) is 18.5 Å². The van der Waals surface area contributed by atoms with Gasteiger partial charge in [0.1, 0.15) is 0 Å². The lowest BCUT2D eigenvalue weighted by Crippen LogP contribution is -2.40. The van der Waals surface area contributed by atoms with Crippen LogP contribution in [0.2, 0.25) is 5.02 Å². The summed E-state index contributed by atoms with van der Waals surface area (Å²) in [6, 6.07) is 7.44. The maximum absolute atomic E-state index is 12.9. The van der Waals surface area contributed by atoms with E-state index in [1.54, 1.807) is 4.68 Å². The summed E-state index contributed by atoms with van der Waals surface area (Å²) in [6.07, 6.45) is 3.94. The Bertz CT molecular complexity index is 722. The van der Waals surface area contributed by atoms with E-state index in [4.69, 9.17) is 11.6 Å². The van der Waals surface area contributed by atoms with E-state index in [1.807, 2.05) is 42.3 Å². The predicted molar refractivity (Wildman–Crippen MR) is 108 cm³/mol. The molecule has 1 amide bonds. The molecule has 1 aliphatic rings. The molecule has 1 aromatic heterocycles. The number of piperidine rings is 1. The molecule has 142 valence electrons. The van der Waals surface area contributed by atoms with Crippen molar-refractivity contribution in [2.75, 3.05) is 26.2 Å². The molecule has 3 rings (SSSR count). The highest BCUT2D eigenvalue weighted by Crippen LogP contribution is 2.21. The van der Waals surface area contributed by atoms with Crippen LogP contribution < -0.4 is 5.32 Å². The molecule has 2 heterocycles. The maximum Gasteiger partial charge on any atom is 0.257 e. The van der Waals surface area contributed by atoms with E-state index in [0.717, 1.165) is 50.4 Å². The fourth-order valence-electron chi connectivity index (χ4n) is 3.26. The molecule has 1 aliphatic heterocycles. The quantitative estimate of drug-likeness (QED) is 0.837. The Morgan fingerprint density at radius 1 is 1.27 bits per heavy atom. The lowest BCUT2D eigenvalue weighted by Gasteiger charge is -2.32. The number of aromatic nitrogens is 2. The third-order valence-corrected chi connectivity index (χ3v) is 5.06. The number of nitrogens with zero attached hydrogens (tertiary/aromatic N) is 3. The molecule has 0 unspecified atom stereocenters. The molecule has 0 spiro atoms. The van der Waals surface area contributed by atoms with E-state index in [0.29, 0.717) is 16.5 Å². The van der Waals surface area contributed by atoms with Crippen molar-refractivity contribution in [3.8, 4) is 5.69 Å². The summed E-state index contributed by atoms with van der Waals surface area (Å²) in [4.78, 5) is 14.8.